The van der Waals surface area contributed by atoms with E-state index in [2.05, 4.69) is 14.6 Å². The quantitative estimate of drug-likeness (QED) is 0.233. The molecule has 0 radical (unpaired) electrons. The number of fused-ring (bicyclic) bond motifs is 2. The molecule has 10 nitrogen and oxygen atoms in total. The monoisotopic (exact) mass is 613 g/mol. The van der Waals surface area contributed by atoms with Crippen molar-refractivity contribution in [2.45, 2.75) is 38.3 Å². The van der Waals surface area contributed by atoms with E-state index in [4.69, 9.17) is 9.47 Å². The van der Waals surface area contributed by atoms with E-state index in [1.165, 1.54) is 71.2 Å². The molecule has 4 aromatic rings. The van der Waals surface area contributed by atoms with Gasteiger partial charge >= 0.3 is 18.9 Å². The Labute approximate surface area is 246 Å². The summed E-state index contributed by atoms with van der Waals surface area (Å²) in [6, 6.07) is 16.0. The van der Waals surface area contributed by atoms with Gasteiger partial charge in [0, 0.05) is 29.9 Å². The van der Waals surface area contributed by atoms with Crippen LogP contribution in [0.5, 0.6) is 23.1 Å². The van der Waals surface area contributed by atoms with Crippen LogP contribution in [0.1, 0.15) is 50.9 Å². The molecule has 1 amide bonds. The van der Waals surface area contributed by atoms with Crippen LogP contribution in [0.2, 0.25) is 0 Å². The summed E-state index contributed by atoms with van der Waals surface area (Å²) < 4.78 is 74.8. The third-order valence-corrected chi connectivity index (χ3v) is 7.18. The Morgan fingerprint density at radius 3 is 2.52 bits per heavy atom. The van der Waals surface area contributed by atoms with Crippen molar-refractivity contribution < 1.29 is 51.2 Å². The predicted octanol–water partition coefficient (Wildman–Crippen LogP) is 6.23. The third-order valence-electron chi connectivity index (χ3n) is 7.18. The van der Waals surface area contributed by atoms with E-state index in [9.17, 15) is 32.3 Å². The maximum absolute atomic E-state index is 13.5. The van der Waals surface area contributed by atoms with Gasteiger partial charge in [0.25, 0.3) is 5.91 Å². The molecule has 0 bridgehead atoms. The second-order valence-corrected chi connectivity index (χ2v) is 10.0. The molecule has 0 spiro atoms. The van der Waals surface area contributed by atoms with Crippen LogP contribution in [0, 0.1) is 0 Å². The molecule has 1 aromatic heterocycles. The summed E-state index contributed by atoms with van der Waals surface area (Å²) in [6.45, 7) is -3.13. The molecule has 44 heavy (non-hydrogen) atoms. The molecule has 2 aliphatic rings. The van der Waals surface area contributed by atoms with Crippen LogP contribution < -0.4 is 23.8 Å². The number of amides is 1. The summed E-state index contributed by atoms with van der Waals surface area (Å²) in [5.74, 6) is -1.89. The smallest absolute Gasteiger partial charge is 0.484 e. The van der Waals surface area contributed by atoms with Crippen LogP contribution in [0.3, 0.4) is 0 Å². The zero-order valence-electron chi connectivity index (χ0n) is 22.9. The Bertz CT molecular complexity index is 1740. The Balaban J connectivity index is 1.33. The van der Waals surface area contributed by atoms with Crippen LogP contribution in [-0.2, 0) is 6.42 Å². The van der Waals surface area contributed by atoms with Gasteiger partial charge in [0.2, 0.25) is 5.88 Å². The molecule has 0 saturated heterocycles. The Hall–Kier alpha value is -5.27. The highest BCUT2D eigenvalue weighted by molar-refractivity contribution is 6.06. The lowest BCUT2D eigenvalue weighted by Crippen LogP contribution is -2.26. The van der Waals surface area contributed by atoms with E-state index in [-0.39, 0.29) is 34.2 Å². The summed E-state index contributed by atoms with van der Waals surface area (Å²) in [6.07, 6.45) is -3.00. The molecule has 14 heteroatoms. The highest BCUT2D eigenvalue weighted by Crippen LogP contribution is 2.43. The number of benzene rings is 3. The molecule has 1 N–H and O–H groups in total. The Kier molecular flexibility index (Phi) is 7.27. The summed E-state index contributed by atoms with van der Waals surface area (Å²) in [5.41, 5.74) is 1.74. The van der Waals surface area contributed by atoms with E-state index in [0.717, 1.165) is 0 Å². The number of halogens is 4. The Morgan fingerprint density at radius 2 is 1.80 bits per heavy atom. The number of ether oxygens (including phenoxy) is 4. The number of hydrogen-bond acceptors (Lipinski definition) is 7. The van der Waals surface area contributed by atoms with E-state index in [0.29, 0.717) is 42.0 Å². The molecule has 0 fully saturated rings. The number of carbonyl (C=O) groups is 2. The lowest BCUT2D eigenvalue weighted by Gasteiger charge is -2.25. The number of alkyl halides is 4. The third kappa shape index (κ3) is 5.57. The fourth-order valence-corrected chi connectivity index (χ4v) is 5.17. The number of rotatable bonds is 8. The van der Waals surface area contributed by atoms with Crippen LogP contribution in [0.4, 0.5) is 23.2 Å². The molecule has 1 aliphatic carbocycles. The predicted molar refractivity (Wildman–Crippen MR) is 145 cm³/mol. The lowest BCUT2D eigenvalue weighted by atomic mass is 9.94. The normalized spacial score (nSPS) is 16.4. The number of aromatic carboxylic acids is 1. The van der Waals surface area contributed by atoms with Crippen molar-refractivity contribution >= 4 is 17.6 Å². The highest BCUT2D eigenvalue weighted by Gasteiger charge is 2.43. The number of carboxylic acids is 1. The average molecular weight is 614 g/mol. The molecule has 228 valence electrons. The summed E-state index contributed by atoms with van der Waals surface area (Å²) in [7, 11) is 1.45. The molecule has 2 heterocycles. The number of anilines is 1. The first kappa shape index (κ1) is 28.8. The van der Waals surface area contributed by atoms with Gasteiger partial charge in [-0.2, -0.15) is 8.78 Å². The highest BCUT2D eigenvalue weighted by atomic mass is 19.3. The van der Waals surface area contributed by atoms with Gasteiger partial charge in [-0.15, -0.1) is 13.9 Å². The summed E-state index contributed by atoms with van der Waals surface area (Å²) >= 11 is 0. The molecule has 0 saturated carbocycles. The number of carbonyl (C=O) groups excluding carboxylic acids is 1. The first-order valence-electron chi connectivity index (χ1n) is 13.3. The van der Waals surface area contributed by atoms with E-state index in [1.54, 1.807) is 12.1 Å². The number of carboxylic acid groups (broad SMARTS) is 1. The van der Waals surface area contributed by atoms with Crippen LogP contribution in [0.15, 0.2) is 66.7 Å². The lowest BCUT2D eigenvalue weighted by molar-refractivity contribution is -0.286. The molecular formula is C30H23F4N3O7. The van der Waals surface area contributed by atoms with Gasteiger partial charge in [-0.25, -0.2) is 9.48 Å². The second-order valence-electron chi connectivity index (χ2n) is 10.0. The minimum absolute atomic E-state index is 0.0736. The van der Waals surface area contributed by atoms with Crippen molar-refractivity contribution in [2.24, 2.45) is 0 Å². The van der Waals surface area contributed by atoms with Gasteiger partial charge in [-0.3, -0.25) is 4.79 Å². The zero-order chi connectivity index (χ0) is 31.2. The minimum atomic E-state index is -3.81. The van der Waals surface area contributed by atoms with Gasteiger partial charge in [-0.1, -0.05) is 6.07 Å². The van der Waals surface area contributed by atoms with Crippen molar-refractivity contribution in [3.05, 3.63) is 89.1 Å². The second kappa shape index (κ2) is 11.1. The average Bonchev–Trinajstić information content (AvgIpc) is 3.52. The van der Waals surface area contributed by atoms with Gasteiger partial charge in [0.05, 0.1) is 16.9 Å². The van der Waals surface area contributed by atoms with Gasteiger partial charge in [-0.05, 0) is 73.9 Å². The molecule has 6 rings (SSSR count). The first-order chi connectivity index (χ1) is 21.0. The zero-order valence-corrected chi connectivity index (χ0v) is 22.9. The maximum atomic E-state index is 13.5. The topological polar surface area (TPSA) is 112 Å². The first-order valence-corrected chi connectivity index (χ1v) is 13.3. The minimum Gasteiger partial charge on any atom is -0.484 e. The molecule has 1 atom stereocenters. The van der Waals surface area contributed by atoms with Crippen molar-refractivity contribution in [1.29, 1.82) is 0 Å². The SMILES string of the molecule is CN(C(=O)c1cccc(-n2nc(OC(F)F)c3c2C(Oc2ccc(C(=O)O)cc2)CCC3)c1)c1ccc2c(c1)OC(F)(F)O2. The number of nitrogens with zero attached hydrogens (tertiary/aromatic N) is 3. The fourth-order valence-electron chi connectivity index (χ4n) is 5.17. The fraction of sp³-hybridized carbons (Fsp3) is 0.233. The van der Waals surface area contributed by atoms with Gasteiger partial charge in [0.1, 0.15) is 11.9 Å². The molecular weight excluding hydrogens is 590 g/mol. The number of hydrogen-bond donors (Lipinski definition) is 1. The van der Waals surface area contributed by atoms with Crippen molar-refractivity contribution in [1.82, 2.24) is 9.78 Å². The van der Waals surface area contributed by atoms with E-state index in [1.807, 2.05) is 0 Å². The van der Waals surface area contributed by atoms with Crippen molar-refractivity contribution in [3.8, 4) is 28.8 Å². The van der Waals surface area contributed by atoms with Gasteiger partial charge < -0.3 is 29.0 Å². The summed E-state index contributed by atoms with van der Waals surface area (Å²) in [4.78, 5) is 25.9. The molecule has 1 aliphatic heterocycles. The molecule has 1 unspecified atom stereocenters. The van der Waals surface area contributed by atoms with Gasteiger partial charge in [0.15, 0.2) is 11.5 Å². The Morgan fingerprint density at radius 1 is 1.05 bits per heavy atom. The maximum Gasteiger partial charge on any atom is 0.586 e. The van der Waals surface area contributed by atoms with Crippen LogP contribution in [0.25, 0.3) is 5.69 Å². The van der Waals surface area contributed by atoms with E-state index < -0.39 is 30.9 Å². The largest absolute Gasteiger partial charge is 0.586 e. The molecule has 3 aromatic carbocycles. The van der Waals surface area contributed by atoms with Crippen molar-refractivity contribution in [3.63, 3.8) is 0 Å². The number of aromatic nitrogens is 2. The van der Waals surface area contributed by atoms with Crippen LogP contribution >= 0.6 is 0 Å². The van der Waals surface area contributed by atoms with E-state index >= 15 is 0 Å². The standard InChI is InChI=1S/C30H23F4N3O7/c1-36(18-10-13-22-24(15-18)44-30(33,34)43-22)27(38)17-4-2-5-19(14-17)37-25-21(26(35-37)42-29(31)32)6-3-7-23(25)41-20-11-8-16(9-12-20)28(39)40/h2,4-5,8-15,23,29H,3,6-7H2,1H3,(H,39,40). The van der Waals surface area contributed by atoms with Crippen molar-refractivity contribution in [2.75, 3.05) is 11.9 Å². The van der Waals surface area contributed by atoms with Crippen LogP contribution in [-0.4, -0.2) is 46.7 Å². The summed E-state index contributed by atoms with van der Waals surface area (Å²) in [5, 5.41) is 13.5.